The second-order valence-electron chi connectivity index (χ2n) is 9.60. The van der Waals surface area contributed by atoms with Gasteiger partial charge in [0.25, 0.3) is 10.0 Å². The number of halogens is 3. The van der Waals surface area contributed by atoms with Crippen molar-refractivity contribution in [2.24, 2.45) is 0 Å². The summed E-state index contributed by atoms with van der Waals surface area (Å²) in [6, 6.07) is 17.4. The molecule has 3 rings (SSSR count). The number of anilines is 1. The highest BCUT2D eigenvalue weighted by Crippen LogP contribution is 2.33. The van der Waals surface area contributed by atoms with E-state index in [-0.39, 0.29) is 23.5 Å². The lowest BCUT2D eigenvalue weighted by molar-refractivity contribution is -0.140. The Bertz CT molecular complexity index is 1430. The molecule has 1 atom stereocenters. The predicted molar refractivity (Wildman–Crippen MR) is 152 cm³/mol. The molecule has 7 nitrogen and oxygen atoms in total. The van der Waals surface area contributed by atoms with Gasteiger partial charge in [0, 0.05) is 13.1 Å². The minimum Gasteiger partial charge on any atom is -0.354 e. The van der Waals surface area contributed by atoms with E-state index in [1.807, 2.05) is 26.0 Å². The summed E-state index contributed by atoms with van der Waals surface area (Å²) < 4.78 is 68.9. The van der Waals surface area contributed by atoms with Gasteiger partial charge in [-0.25, -0.2) is 8.42 Å². The molecule has 0 heterocycles. The van der Waals surface area contributed by atoms with Gasteiger partial charge in [0.05, 0.1) is 16.1 Å². The maximum atomic E-state index is 14.0. The zero-order valence-electron chi connectivity index (χ0n) is 23.2. The first kappa shape index (κ1) is 31.7. The van der Waals surface area contributed by atoms with Crippen LogP contribution in [-0.4, -0.2) is 44.3 Å². The SMILES string of the molecule is CCCNC(=O)[C@@H](CC)N(Cc1ccc(C)cc1)C(=O)CN(c1cccc(C(F)(F)F)c1)S(=O)(=O)c1ccccc1. The van der Waals surface area contributed by atoms with Crippen molar-refractivity contribution in [3.63, 3.8) is 0 Å². The van der Waals surface area contributed by atoms with Gasteiger partial charge in [-0.1, -0.05) is 67.9 Å². The summed E-state index contributed by atoms with van der Waals surface area (Å²) in [5.74, 6) is -1.13. The van der Waals surface area contributed by atoms with E-state index in [1.165, 1.54) is 35.2 Å². The monoisotopic (exact) mass is 589 g/mol. The van der Waals surface area contributed by atoms with Crippen LogP contribution in [0.4, 0.5) is 18.9 Å². The Balaban J connectivity index is 2.09. The Morgan fingerprint density at radius 3 is 2.17 bits per heavy atom. The predicted octanol–water partition coefficient (Wildman–Crippen LogP) is 5.54. The Morgan fingerprint density at radius 1 is 0.927 bits per heavy atom. The standard InChI is InChI=1S/C30H34F3N3O4S/c1-4-18-34-29(38)27(5-2)35(20-23-16-14-22(3)15-17-23)28(37)21-36(41(39,40)26-12-7-6-8-13-26)25-11-9-10-24(19-25)30(31,32)33/h6-17,19,27H,4-5,18,20-21H2,1-3H3,(H,34,38)/t27-/m1/s1. The summed E-state index contributed by atoms with van der Waals surface area (Å²) in [5.41, 5.74) is 0.319. The number of aryl methyl sites for hydroxylation is 1. The van der Waals surface area contributed by atoms with E-state index in [0.29, 0.717) is 28.9 Å². The van der Waals surface area contributed by atoms with Crippen LogP contribution in [-0.2, 0) is 32.3 Å². The zero-order valence-corrected chi connectivity index (χ0v) is 24.0. The number of hydrogen-bond acceptors (Lipinski definition) is 4. The van der Waals surface area contributed by atoms with E-state index in [2.05, 4.69) is 5.32 Å². The fraction of sp³-hybridized carbons (Fsp3) is 0.333. The maximum Gasteiger partial charge on any atom is 0.416 e. The summed E-state index contributed by atoms with van der Waals surface area (Å²) in [6.07, 6.45) is -3.82. The van der Waals surface area contributed by atoms with Crippen molar-refractivity contribution in [3.8, 4) is 0 Å². The molecular formula is C30H34F3N3O4S. The molecule has 0 bridgehead atoms. The number of nitrogens with one attached hydrogen (secondary N) is 1. The molecule has 0 spiro atoms. The van der Waals surface area contributed by atoms with Crippen molar-refractivity contribution in [1.29, 1.82) is 0 Å². The minimum absolute atomic E-state index is 0.00101. The number of alkyl halides is 3. The number of nitrogens with zero attached hydrogens (tertiary/aromatic N) is 2. The van der Waals surface area contributed by atoms with Crippen LogP contribution in [0.2, 0.25) is 0 Å². The van der Waals surface area contributed by atoms with Crippen molar-refractivity contribution in [2.75, 3.05) is 17.4 Å². The van der Waals surface area contributed by atoms with Gasteiger partial charge < -0.3 is 10.2 Å². The molecule has 3 aromatic rings. The maximum absolute atomic E-state index is 14.0. The molecule has 0 saturated heterocycles. The van der Waals surface area contributed by atoms with Crippen LogP contribution in [0.5, 0.6) is 0 Å². The van der Waals surface area contributed by atoms with Crippen LogP contribution in [0.1, 0.15) is 43.4 Å². The van der Waals surface area contributed by atoms with Crippen LogP contribution in [0, 0.1) is 6.92 Å². The van der Waals surface area contributed by atoms with Crippen LogP contribution >= 0.6 is 0 Å². The Hall–Kier alpha value is -3.86. The van der Waals surface area contributed by atoms with E-state index in [9.17, 15) is 31.2 Å². The quantitative estimate of drug-likeness (QED) is 0.301. The molecule has 0 aliphatic heterocycles. The van der Waals surface area contributed by atoms with E-state index >= 15 is 0 Å². The van der Waals surface area contributed by atoms with Crippen LogP contribution < -0.4 is 9.62 Å². The molecule has 0 aliphatic carbocycles. The van der Waals surface area contributed by atoms with E-state index in [1.54, 1.807) is 25.1 Å². The highest BCUT2D eigenvalue weighted by molar-refractivity contribution is 7.92. The number of sulfonamides is 1. The fourth-order valence-electron chi connectivity index (χ4n) is 4.26. The van der Waals surface area contributed by atoms with Crippen molar-refractivity contribution in [2.45, 2.75) is 57.3 Å². The lowest BCUT2D eigenvalue weighted by Gasteiger charge is -2.33. The number of hydrogen-bond donors (Lipinski definition) is 1. The molecule has 3 aromatic carbocycles. The van der Waals surface area contributed by atoms with E-state index < -0.39 is 46.2 Å². The topological polar surface area (TPSA) is 86.8 Å². The molecule has 220 valence electrons. The molecule has 2 amide bonds. The third-order valence-electron chi connectivity index (χ3n) is 6.48. The first-order valence-electron chi connectivity index (χ1n) is 13.3. The van der Waals surface area contributed by atoms with Crippen molar-refractivity contribution < 1.29 is 31.2 Å². The molecular weight excluding hydrogens is 555 g/mol. The molecule has 0 saturated carbocycles. The molecule has 1 N–H and O–H groups in total. The molecule has 0 aliphatic rings. The third kappa shape index (κ3) is 8.09. The summed E-state index contributed by atoms with van der Waals surface area (Å²) >= 11 is 0. The number of amides is 2. The fourth-order valence-corrected chi connectivity index (χ4v) is 5.69. The summed E-state index contributed by atoms with van der Waals surface area (Å²) in [5, 5.41) is 2.79. The van der Waals surface area contributed by atoms with Crippen molar-refractivity contribution in [3.05, 3.63) is 95.6 Å². The van der Waals surface area contributed by atoms with Gasteiger partial charge in [0.1, 0.15) is 12.6 Å². The normalized spacial score (nSPS) is 12.4. The molecule has 0 aromatic heterocycles. The van der Waals surface area contributed by atoms with Crippen LogP contribution in [0.3, 0.4) is 0 Å². The first-order chi connectivity index (χ1) is 19.4. The summed E-state index contributed by atoms with van der Waals surface area (Å²) in [7, 11) is -4.47. The van der Waals surface area contributed by atoms with Gasteiger partial charge in [-0.05, 0) is 55.7 Å². The van der Waals surface area contributed by atoms with Gasteiger partial charge in [-0.2, -0.15) is 13.2 Å². The second-order valence-corrected chi connectivity index (χ2v) is 11.5. The molecule has 11 heteroatoms. The largest absolute Gasteiger partial charge is 0.416 e. The highest BCUT2D eigenvalue weighted by Gasteiger charge is 2.35. The van der Waals surface area contributed by atoms with Crippen LogP contribution in [0.15, 0.2) is 83.8 Å². The molecule has 0 fully saturated rings. The zero-order chi connectivity index (χ0) is 30.2. The van der Waals surface area contributed by atoms with Gasteiger partial charge in [0.15, 0.2) is 0 Å². The lowest BCUT2D eigenvalue weighted by Crippen LogP contribution is -2.52. The Kier molecular flexibility index (Phi) is 10.6. The highest BCUT2D eigenvalue weighted by atomic mass is 32.2. The van der Waals surface area contributed by atoms with E-state index in [4.69, 9.17) is 0 Å². The third-order valence-corrected chi connectivity index (χ3v) is 8.27. The second kappa shape index (κ2) is 13.7. The van der Waals surface area contributed by atoms with Crippen LogP contribution in [0.25, 0.3) is 0 Å². The first-order valence-corrected chi connectivity index (χ1v) is 14.7. The van der Waals surface area contributed by atoms with E-state index in [0.717, 1.165) is 17.7 Å². The number of benzene rings is 3. The summed E-state index contributed by atoms with van der Waals surface area (Å²) in [6.45, 7) is 5.09. The Morgan fingerprint density at radius 2 is 1.59 bits per heavy atom. The number of rotatable bonds is 12. The average molecular weight is 590 g/mol. The Labute approximate surface area is 239 Å². The lowest BCUT2D eigenvalue weighted by atomic mass is 10.1. The number of carbonyl (C=O) groups is 2. The van der Waals surface area contributed by atoms with Crippen molar-refractivity contribution in [1.82, 2.24) is 10.2 Å². The average Bonchev–Trinajstić information content (AvgIpc) is 2.95. The van der Waals surface area contributed by atoms with Gasteiger partial charge in [-0.15, -0.1) is 0 Å². The molecule has 0 radical (unpaired) electrons. The molecule has 0 unspecified atom stereocenters. The van der Waals surface area contributed by atoms with Gasteiger partial charge >= 0.3 is 6.18 Å². The van der Waals surface area contributed by atoms with Gasteiger partial charge in [-0.3, -0.25) is 13.9 Å². The minimum atomic E-state index is -4.73. The molecule has 41 heavy (non-hydrogen) atoms. The smallest absolute Gasteiger partial charge is 0.354 e. The van der Waals surface area contributed by atoms with Crippen molar-refractivity contribution >= 4 is 27.5 Å². The summed E-state index contributed by atoms with van der Waals surface area (Å²) in [4.78, 5) is 28.1. The van der Waals surface area contributed by atoms with Gasteiger partial charge in [0.2, 0.25) is 11.8 Å². The number of carbonyl (C=O) groups excluding carboxylic acids is 2.